The Balaban J connectivity index is 1.90. The van der Waals surface area contributed by atoms with Crippen molar-refractivity contribution in [2.45, 2.75) is 19.1 Å². The molecule has 1 N–H and O–H groups in total. The number of hydrogen-bond acceptors (Lipinski definition) is 5. The molecule has 9 heteroatoms. The minimum absolute atomic E-state index is 0.0607. The number of nitrogens with one attached hydrogen (secondary N) is 1. The maximum absolute atomic E-state index is 12.0. The van der Waals surface area contributed by atoms with Crippen LogP contribution in [-0.2, 0) is 16.1 Å². The van der Waals surface area contributed by atoms with Gasteiger partial charge in [-0.05, 0) is 6.07 Å². The second kappa shape index (κ2) is 6.70. The number of amides is 1. The number of nitrogens with zero attached hydrogens (tertiary/aromatic N) is 3. The average Bonchev–Trinajstić information content (AvgIpc) is 2.45. The first-order chi connectivity index (χ1) is 9.94. The predicted molar refractivity (Wildman–Crippen MR) is 67.6 cm³/mol. The zero-order chi connectivity index (χ0) is 15.3. The molecule has 1 fully saturated rings. The summed E-state index contributed by atoms with van der Waals surface area (Å²) in [7, 11) is 0. The van der Waals surface area contributed by atoms with Crippen molar-refractivity contribution in [3.8, 4) is 0 Å². The quantitative estimate of drug-likeness (QED) is 0.894. The standard InChI is InChI=1S/C12H15F3N4O2/c13-12(14,15)7-10(20)17-8-9-1-2-16-11(18-9)19-3-5-21-6-4-19/h1-2H,3-8H2,(H,17,20). The first-order valence-corrected chi connectivity index (χ1v) is 6.42. The molecule has 1 aromatic heterocycles. The fourth-order valence-corrected chi connectivity index (χ4v) is 1.83. The third-order valence-corrected chi connectivity index (χ3v) is 2.82. The fraction of sp³-hybridized carbons (Fsp3) is 0.583. The van der Waals surface area contributed by atoms with Crippen LogP contribution in [0.15, 0.2) is 12.3 Å². The summed E-state index contributed by atoms with van der Waals surface area (Å²) in [4.78, 5) is 21.4. The lowest BCUT2D eigenvalue weighted by Crippen LogP contribution is -2.37. The summed E-state index contributed by atoms with van der Waals surface area (Å²) in [5, 5.41) is 2.19. The Morgan fingerprint density at radius 3 is 2.76 bits per heavy atom. The van der Waals surface area contributed by atoms with Gasteiger partial charge in [0.2, 0.25) is 11.9 Å². The summed E-state index contributed by atoms with van der Waals surface area (Å²) in [6, 6.07) is 1.55. The van der Waals surface area contributed by atoms with Crippen LogP contribution in [0, 0.1) is 0 Å². The lowest BCUT2D eigenvalue weighted by Gasteiger charge is -2.26. The van der Waals surface area contributed by atoms with Crippen LogP contribution in [-0.4, -0.2) is 48.4 Å². The molecule has 1 aromatic rings. The first-order valence-electron chi connectivity index (χ1n) is 6.42. The molecule has 1 aliphatic rings. The van der Waals surface area contributed by atoms with Crippen molar-refractivity contribution in [2.75, 3.05) is 31.2 Å². The molecular weight excluding hydrogens is 289 g/mol. The Bertz CT molecular complexity index is 490. The Hall–Kier alpha value is -1.90. The van der Waals surface area contributed by atoms with Crippen LogP contribution in [0.25, 0.3) is 0 Å². The van der Waals surface area contributed by atoms with E-state index in [1.165, 1.54) is 6.20 Å². The van der Waals surface area contributed by atoms with Crippen LogP contribution in [0.5, 0.6) is 0 Å². The largest absolute Gasteiger partial charge is 0.397 e. The van der Waals surface area contributed by atoms with E-state index in [9.17, 15) is 18.0 Å². The van der Waals surface area contributed by atoms with E-state index in [4.69, 9.17) is 4.74 Å². The lowest BCUT2D eigenvalue weighted by atomic mass is 10.3. The van der Waals surface area contributed by atoms with Gasteiger partial charge in [0.05, 0.1) is 25.5 Å². The summed E-state index contributed by atoms with van der Waals surface area (Å²) in [6.07, 6.45) is -4.48. The minimum atomic E-state index is -4.51. The molecule has 0 radical (unpaired) electrons. The van der Waals surface area contributed by atoms with Crippen LogP contribution in [0.2, 0.25) is 0 Å². The van der Waals surface area contributed by atoms with E-state index in [1.807, 2.05) is 4.90 Å². The number of anilines is 1. The van der Waals surface area contributed by atoms with Crippen LogP contribution in [0.4, 0.5) is 19.1 Å². The highest BCUT2D eigenvalue weighted by atomic mass is 19.4. The van der Waals surface area contributed by atoms with E-state index in [1.54, 1.807) is 6.07 Å². The number of aromatic nitrogens is 2. The number of alkyl halides is 3. The summed E-state index contributed by atoms with van der Waals surface area (Å²) in [5.74, 6) is -0.588. The van der Waals surface area contributed by atoms with Gasteiger partial charge >= 0.3 is 6.18 Å². The van der Waals surface area contributed by atoms with Gasteiger partial charge in [0.1, 0.15) is 6.42 Å². The highest BCUT2D eigenvalue weighted by Crippen LogP contribution is 2.19. The summed E-state index contributed by atoms with van der Waals surface area (Å²) < 4.78 is 41.3. The molecule has 2 heterocycles. The molecule has 1 amide bonds. The number of morpholine rings is 1. The van der Waals surface area contributed by atoms with Crippen molar-refractivity contribution < 1.29 is 22.7 Å². The van der Waals surface area contributed by atoms with Gasteiger partial charge < -0.3 is 15.0 Å². The number of hydrogen-bond donors (Lipinski definition) is 1. The highest BCUT2D eigenvalue weighted by molar-refractivity contribution is 5.76. The van der Waals surface area contributed by atoms with E-state index in [0.717, 1.165) is 0 Å². The number of ether oxygens (including phenoxy) is 1. The highest BCUT2D eigenvalue weighted by Gasteiger charge is 2.31. The van der Waals surface area contributed by atoms with E-state index >= 15 is 0 Å². The lowest BCUT2D eigenvalue weighted by molar-refractivity contribution is -0.153. The maximum Gasteiger partial charge on any atom is 0.397 e. The van der Waals surface area contributed by atoms with Gasteiger partial charge in [-0.2, -0.15) is 13.2 Å². The van der Waals surface area contributed by atoms with Gasteiger partial charge in [-0.25, -0.2) is 9.97 Å². The van der Waals surface area contributed by atoms with E-state index in [-0.39, 0.29) is 6.54 Å². The van der Waals surface area contributed by atoms with Gasteiger partial charge in [-0.15, -0.1) is 0 Å². The molecule has 2 rings (SSSR count). The van der Waals surface area contributed by atoms with Crippen LogP contribution < -0.4 is 10.2 Å². The molecule has 0 unspecified atom stereocenters. The average molecular weight is 304 g/mol. The van der Waals surface area contributed by atoms with Crippen LogP contribution >= 0.6 is 0 Å². The number of halogens is 3. The molecular formula is C12H15F3N4O2. The number of carbonyl (C=O) groups excluding carboxylic acids is 1. The third kappa shape index (κ3) is 5.18. The van der Waals surface area contributed by atoms with Crippen molar-refractivity contribution in [1.29, 1.82) is 0 Å². The zero-order valence-corrected chi connectivity index (χ0v) is 11.2. The minimum Gasteiger partial charge on any atom is -0.378 e. The van der Waals surface area contributed by atoms with E-state index in [0.29, 0.717) is 37.9 Å². The van der Waals surface area contributed by atoms with Crippen LogP contribution in [0.3, 0.4) is 0 Å². The van der Waals surface area contributed by atoms with E-state index in [2.05, 4.69) is 15.3 Å². The number of carbonyl (C=O) groups is 1. The summed E-state index contributed by atoms with van der Waals surface area (Å²) >= 11 is 0. The Morgan fingerprint density at radius 2 is 2.10 bits per heavy atom. The van der Waals surface area contributed by atoms with Crippen molar-refractivity contribution in [1.82, 2.24) is 15.3 Å². The normalized spacial score (nSPS) is 15.9. The predicted octanol–water partition coefficient (Wildman–Crippen LogP) is 0.882. The van der Waals surface area contributed by atoms with Crippen LogP contribution in [0.1, 0.15) is 12.1 Å². The Morgan fingerprint density at radius 1 is 1.38 bits per heavy atom. The van der Waals surface area contributed by atoms with Gasteiger partial charge in [0.25, 0.3) is 0 Å². The number of rotatable bonds is 4. The van der Waals surface area contributed by atoms with Gasteiger partial charge in [0.15, 0.2) is 0 Å². The van der Waals surface area contributed by atoms with Crippen molar-refractivity contribution in [2.24, 2.45) is 0 Å². The van der Waals surface area contributed by atoms with Crippen molar-refractivity contribution >= 4 is 11.9 Å². The monoisotopic (exact) mass is 304 g/mol. The van der Waals surface area contributed by atoms with Gasteiger partial charge in [-0.1, -0.05) is 0 Å². The molecule has 0 aliphatic carbocycles. The maximum atomic E-state index is 12.0. The van der Waals surface area contributed by atoms with Gasteiger partial charge in [-0.3, -0.25) is 4.79 Å². The Kier molecular flexibility index (Phi) is 4.94. The molecule has 0 aromatic carbocycles. The molecule has 0 spiro atoms. The fourth-order valence-electron chi connectivity index (χ4n) is 1.83. The molecule has 1 aliphatic heterocycles. The van der Waals surface area contributed by atoms with E-state index < -0.39 is 18.5 Å². The molecule has 0 atom stereocenters. The molecule has 116 valence electrons. The molecule has 6 nitrogen and oxygen atoms in total. The summed E-state index contributed by atoms with van der Waals surface area (Å²) in [5.41, 5.74) is 0.460. The SMILES string of the molecule is O=C(CC(F)(F)F)NCc1ccnc(N2CCOCC2)n1. The molecule has 0 bridgehead atoms. The van der Waals surface area contributed by atoms with Crippen molar-refractivity contribution in [3.63, 3.8) is 0 Å². The summed E-state index contributed by atoms with van der Waals surface area (Å²) in [6.45, 7) is 2.41. The third-order valence-electron chi connectivity index (χ3n) is 2.82. The van der Waals surface area contributed by atoms with Gasteiger partial charge in [0, 0.05) is 19.3 Å². The van der Waals surface area contributed by atoms with Crippen molar-refractivity contribution in [3.05, 3.63) is 18.0 Å². The second-order valence-electron chi connectivity index (χ2n) is 4.52. The molecule has 21 heavy (non-hydrogen) atoms. The molecule has 0 saturated carbocycles. The zero-order valence-electron chi connectivity index (χ0n) is 11.2. The first kappa shape index (κ1) is 15.5. The second-order valence-corrected chi connectivity index (χ2v) is 4.52. The molecule has 1 saturated heterocycles. The smallest absolute Gasteiger partial charge is 0.378 e. The Labute approximate surface area is 119 Å². The topological polar surface area (TPSA) is 67.4 Å².